The average molecular weight is 349 g/mol. The Balaban J connectivity index is 1.98. The fraction of sp³-hybridized carbons (Fsp3) is 0.176. The Kier molecular flexibility index (Phi) is 4.55. The lowest BCUT2D eigenvalue weighted by Crippen LogP contribution is -2.52. The van der Waals surface area contributed by atoms with Gasteiger partial charge in [0, 0.05) is 34.3 Å². The highest BCUT2D eigenvalue weighted by molar-refractivity contribution is 6.31. The standard InChI is InChI=1S/C17H14Cl2N2O2/c18-12-7-5-11(6-8-12)17(23)21-10-9-20-16(22)15(21)13-3-1-2-4-14(13)19/h1-8,15H,9-10H2,(H,20,22). The first kappa shape index (κ1) is 15.8. The molecule has 2 aromatic carbocycles. The molecule has 118 valence electrons. The smallest absolute Gasteiger partial charge is 0.254 e. The summed E-state index contributed by atoms with van der Waals surface area (Å²) in [6.45, 7) is 0.836. The van der Waals surface area contributed by atoms with Gasteiger partial charge in [0.25, 0.3) is 5.91 Å². The molecule has 2 amide bonds. The molecule has 1 saturated heterocycles. The molecular formula is C17H14Cl2N2O2. The van der Waals surface area contributed by atoms with Crippen LogP contribution in [0.15, 0.2) is 48.5 Å². The summed E-state index contributed by atoms with van der Waals surface area (Å²) in [5.41, 5.74) is 1.11. The second-order valence-electron chi connectivity index (χ2n) is 5.22. The highest BCUT2D eigenvalue weighted by atomic mass is 35.5. The van der Waals surface area contributed by atoms with Gasteiger partial charge in [-0.25, -0.2) is 0 Å². The molecule has 6 heteroatoms. The van der Waals surface area contributed by atoms with Crippen LogP contribution in [0.2, 0.25) is 10.0 Å². The van der Waals surface area contributed by atoms with E-state index in [9.17, 15) is 9.59 Å². The van der Waals surface area contributed by atoms with Crippen molar-refractivity contribution in [1.29, 1.82) is 0 Å². The van der Waals surface area contributed by atoms with Crippen LogP contribution in [-0.4, -0.2) is 29.8 Å². The number of amides is 2. The summed E-state index contributed by atoms with van der Waals surface area (Å²) < 4.78 is 0. The van der Waals surface area contributed by atoms with Crippen molar-refractivity contribution < 1.29 is 9.59 Å². The van der Waals surface area contributed by atoms with Gasteiger partial charge in [-0.3, -0.25) is 9.59 Å². The van der Waals surface area contributed by atoms with E-state index in [4.69, 9.17) is 23.2 Å². The van der Waals surface area contributed by atoms with Crippen molar-refractivity contribution in [3.05, 3.63) is 69.7 Å². The summed E-state index contributed by atoms with van der Waals surface area (Å²) in [6, 6.07) is 12.9. The van der Waals surface area contributed by atoms with Crippen LogP contribution in [0, 0.1) is 0 Å². The van der Waals surface area contributed by atoms with E-state index in [1.54, 1.807) is 53.4 Å². The zero-order chi connectivity index (χ0) is 16.4. The van der Waals surface area contributed by atoms with E-state index in [1.165, 1.54) is 0 Å². The molecule has 1 unspecified atom stereocenters. The Labute approximate surface area is 144 Å². The number of rotatable bonds is 2. The lowest BCUT2D eigenvalue weighted by Gasteiger charge is -2.35. The van der Waals surface area contributed by atoms with Gasteiger partial charge in [0.15, 0.2) is 0 Å². The first-order valence-corrected chi connectivity index (χ1v) is 7.92. The highest BCUT2D eigenvalue weighted by Crippen LogP contribution is 2.30. The van der Waals surface area contributed by atoms with Crippen molar-refractivity contribution in [3.63, 3.8) is 0 Å². The minimum atomic E-state index is -0.736. The second-order valence-corrected chi connectivity index (χ2v) is 6.06. The maximum Gasteiger partial charge on any atom is 0.254 e. The number of piperazine rings is 1. The molecule has 1 N–H and O–H groups in total. The number of nitrogens with zero attached hydrogens (tertiary/aromatic N) is 1. The minimum Gasteiger partial charge on any atom is -0.352 e. The number of hydrogen-bond acceptors (Lipinski definition) is 2. The van der Waals surface area contributed by atoms with E-state index in [2.05, 4.69) is 5.32 Å². The zero-order valence-electron chi connectivity index (χ0n) is 12.1. The van der Waals surface area contributed by atoms with Crippen LogP contribution in [0.4, 0.5) is 0 Å². The van der Waals surface area contributed by atoms with E-state index in [1.807, 2.05) is 0 Å². The number of carbonyl (C=O) groups is 2. The van der Waals surface area contributed by atoms with Crippen LogP contribution in [0.3, 0.4) is 0 Å². The first-order valence-electron chi connectivity index (χ1n) is 7.16. The van der Waals surface area contributed by atoms with E-state index in [0.717, 1.165) is 0 Å². The van der Waals surface area contributed by atoms with Crippen LogP contribution >= 0.6 is 23.2 Å². The number of benzene rings is 2. The molecule has 0 saturated carbocycles. The van der Waals surface area contributed by atoms with Crippen LogP contribution in [-0.2, 0) is 4.79 Å². The van der Waals surface area contributed by atoms with Crippen LogP contribution in [0.25, 0.3) is 0 Å². The molecule has 0 aliphatic carbocycles. The van der Waals surface area contributed by atoms with Crippen molar-refractivity contribution in [3.8, 4) is 0 Å². The van der Waals surface area contributed by atoms with Crippen molar-refractivity contribution in [1.82, 2.24) is 10.2 Å². The molecule has 23 heavy (non-hydrogen) atoms. The van der Waals surface area contributed by atoms with Crippen molar-refractivity contribution in [2.75, 3.05) is 13.1 Å². The third-order valence-electron chi connectivity index (χ3n) is 3.76. The quantitative estimate of drug-likeness (QED) is 0.904. The number of hydrogen-bond donors (Lipinski definition) is 1. The normalized spacial score (nSPS) is 17.7. The average Bonchev–Trinajstić information content (AvgIpc) is 2.56. The predicted molar refractivity (Wildman–Crippen MR) is 89.7 cm³/mol. The molecule has 0 bridgehead atoms. The fourth-order valence-corrected chi connectivity index (χ4v) is 3.02. The molecule has 0 aromatic heterocycles. The summed E-state index contributed by atoms with van der Waals surface area (Å²) in [5, 5.41) is 3.81. The molecule has 0 spiro atoms. The van der Waals surface area contributed by atoms with Crippen LogP contribution < -0.4 is 5.32 Å². The predicted octanol–water partition coefficient (Wildman–Crippen LogP) is 3.31. The summed E-state index contributed by atoms with van der Waals surface area (Å²) in [6.07, 6.45) is 0. The van der Waals surface area contributed by atoms with Gasteiger partial charge in [-0.1, -0.05) is 41.4 Å². The topological polar surface area (TPSA) is 49.4 Å². The summed E-state index contributed by atoms with van der Waals surface area (Å²) in [7, 11) is 0. The van der Waals surface area contributed by atoms with Gasteiger partial charge in [0.1, 0.15) is 6.04 Å². The molecular weight excluding hydrogens is 335 g/mol. The molecule has 1 heterocycles. The molecule has 1 fully saturated rings. The maximum absolute atomic E-state index is 12.8. The minimum absolute atomic E-state index is 0.221. The highest BCUT2D eigenvalue weighted by Gasteiger charge is 2.35. The fourth-order valence-electron chi connectivity index (χ4n) is 2.65. The summed E-state index contributed by atoms with van der Waals surface area (Å²) in [4.78, 5) is 26.7. The molecule has 1 atom stereocenters. The summed E-state index contributed by atoms with van der Waals surface area (Å²) in [5.74, 6) is -0.451. The van der Waals surface area contributed by atoms with Gasteiger partial charge in [-0.2, -0.15) is 0 Å². The molecule has 4 nitrogen and oxygen atoms in total. The molecule has 1 aliphatic heterocycles. The molecule has 1 aliphatic rings. The van der Waals surface area contributed by atoms with Crippen molar-refractivity contribution >= 4 is 35.0 Å². The maximum atomic E-state index is 12.8. The van der Waals surface area contributed by atoms with E-state index < -0.39 is 6.04 Å². The van der Waals surface area contributed by atoms with Crippen molar-refractivity contribution in [2.24, 2.45) is 0 Å². The van der Waals surface area contributed by atoms with Gasteiger partial charge in [-0.15, -0.1) is 0 Å². The third kappa shape index (κ3) is 3.19. The lowest BCUT2D eigenvalue weighted by molar-refractivity contribution is -0.128. The zero-order valence-corrected chi connectivity index (χ0v) is 13.6. The molecule has 0 radical (unpaired) electrons. The number of carbonyl (C=O) groups excluding carboxylic acids is 2. The Morgan fingerprint density at radius 3 is 2.48 bits per heavy atom. The third-order valence-corrected chi connectivity index (χ3v) is 4.36. The Hall–Kier alpha value is -2.04. The molecule has 3 rings (SSSR count). The van der Waals surface area contributed by atoms with Gasteiger partial charge < -0.3 is 10.2 Å². The van der Waals surface area contributed by atoms with E-state index >= 15 is 0 Å². The van der Waals surface area contributed by atoms with Gasteiger partial charge in [0.2, 0.25) is 5.91 Å². The van der Waals surface area contributed by atoms with Gasteiger partial charge in [-0.05, 0) is 30.3 Å². The second kappa shape index (κ2) is 6.60. The van der Waals surface area contributed by atoms with Crippen molar-refractivity contribution in [2.45, 2.75) is 6.04 Å². The van der Waals surface area contributed by atoms with Gasteiger partial charge in [0.05, 0.1) is 0 Å². The van der Waals surface area contributed by atoms with E-state index in [0.29, 0.717) is 34.3 Å². The van der Waals surface area contributed by atoms with E-state index in [-0.39, 0.29) is 11.8 Å². The Bertz CT molecular complexity index is 747. The lowest BCUT2D eigenvalue weighted by atomic mass is 10.0. The van der Waals surface area contributed by atoms with Crippen LogP contribution in [0.1, 0.15) is 22.0 Å². The van der Waals surface area contributed by atoms with Crippen LogP contribution in [0.5, 0.6) is 0 Å². The number of nitrogens with one attached hydrogen (secondary N) is 1. The van der Waals surface area contributed by atoms with Gasteiger partial charge >= 0.3 is 0 Å². The molecule has 2 aromatic rings. The Morgan fingerprint density at radius 1 is 1.09 bits per heavy atom. The Morgan fingerprint density at radius 2 is 1.78 bits per heavy atom. The largest absolute Gasteiger partial charge is 0.352 e. The first-order chi connectivity index (χ1) is 11.1. The number of halogens is 2. The summed E-state index contributed by atoms with van der Waals surface area (Å²) >= 11 is 12.1. The monoisotopic (exact) mass is 348 g/mol. The SMILES string of the molecule is O=C1NCCN(C(=O)c2ccc(Cl)cc2)C1c1ccccc1Cl.